The van der Waals surface area contributed by atoms with E-state index in [1.165, 1.54) is 0 Å². The summed E-state index contributed by atoms with van der Waals surface area (Å²) in [5, 5.41) is 7.01. The Labute approximate surface area is 99.0 Å². The first kappa shape index (κ1) is 11.7. The van der Waals surface area contributed by atoms with Gasteiger partial charge in [-0.25, -0.2) is 4.98 Å². The summed E-state index contributed by atoms with van der Waals surface area (Å²) in [6.07, 6.45) is 6.58. The second-order valence-corrected chi connectivity index (χ2v) is 3.44. The Hall–Kier alpha value is -1.79. The van der Waals surface area contributed by atoms with Gasteiger partial charge < -0.3 is 14.6 Å². The molecule has 2 rings (SSSR count). The van der Waals surface area contributed by atoms with Crippen molar-refractivity contribution in [3.05, 3.63) is 30.4 Å². The van der Waals surface area contributed by atoms with Crippen LogP contribution < -0.4 is 5.32 Å². The first-order valence-electron chi connectivity index (χ1n) is 5.31. The molecule has 0 spiro atoms. The number of nitrogens with one attached hydrogen (secondary N) is 1. The van der Waals surface area contributed by atoms with Crippen LogP contribution in [0.5, 0.6) is 0 Å². The Morgan fingerprint density at radius 3 is 3.06 bits per heavy atom. The van der Waals surface area contributed by atoms with Gasteiger partial charge >= 0.3 is 0 Å². The predicted octanol–water partition coefficient (Wildman–Crippen LogP) is 0.868. The summed E-state index contributed by atoms with van der Waals surface area (Å²) in [6.45, 7) is 2.12. The van der Waals surface area contributed by atoms with Crippen LogP contribution in [0, 0.1) is 0 Å². The van der Waals surface area contributed by atoms with E-state index in [1.54, 1.807) is 31.9 Å². The quantitative estimate of drug-likeness (QED) is 0.747. The van der Waals surface area contributed by atoms with E-state index in [4.69, 9.17) is 9.26 Å². The van der Waals surface area contributed by atoms with E-state index >= 15 is 0 Å². The Balaban J connectivity index is 2.02. The second-order valence-electron chi connectivity index (χ2n) is 3.44. The number of aromatic nitrogens is 3. The molecule has 2 aromatic heterocycles. The third-order valence-corrected chi connectivity index (χ3v) is 2.24. The van der Waals surface area contributed by atoms with Gasteiger partial charge in [0.25, 0.3) is 0 Å². The minimum Gasteiger partial charge on any atom is -0.383 e. The molecule has 0 aliphatic rings. The number of hydrogen-bond donors (Lipinski definition) is 1. The Morgan fingerprint density at radius 1 is 1.35 bits per heavy atom. The summed E-state index contributed by atoms with van der Waals surface area (Å²) in [6, 6.07) is 0. The minimum atomic E-state index is 0.656. The molecule has 0 fully saturated rings. The highest BCUT2D eigenvalue weighted by atomic mass is 16.5. The number of methoxy groups -OCH3 is 1. The molecule has 0 saturated heterocycles. The maximum absolute atomic E-state index is 5.18. The normalized spacial score (nSPS) is 10.6. The number of ether oxygens (including phenoxy) is 1. The van der Waals surface area contributed by atoms with Crippen LogP contribution >= 0.6 is 0 Å². The van der Waals surface area contributed by atoms with Gasteiger partial charge in [-0.1, -0.05) is 5.16 Å². The summed E-state index contributed by atoms with van der Waals surface area (Å²) < 4.78 is 10.1. The van der Waals surface area contributed by atoms with Crippen LogP contribution in [0.4, 0.5) is 0 Å². The summed E-state index contributed by atoms with van der Waals surface area (Å²) >= 11 is 0. The Kier molecular flexibility index (Phi) is 4.17. The second kappa shape index (κ2) is 6.07. The number of nitrogens with zero attached hydrogens (tertiary/aromatic N) is 3. The van der Waals surface area contributed by atoms with Gasteiger partial charge in [-0.05, 0) is 0 Å². The molecule has 0 bridgehead atoms. The molecule has 0 aromatic carbocycles. The number of rotatable bonds is 6. The molecule has 6 nitrogen and oxygen atoms in total. The zero-order valence-corrected chi connectivity index (χ0v) is 9.59. The van der Waals surface area contributed by atoms with Gasteiger partial charge in [0.1, 0.15) is 5.69 Å². The van der Waals surface area contributed by atoms with Gasteiger partial charge in [-0.2, -0.15) is 0 Å². The molecule has 2 aromatic rings. The topological polar surface area (TPSA) is 73.1 Å². The number of hydrogen-bond acceptors (Lipinski definition) is 6. The molecule has 90 valence electrons. The standard InChI is InChI=1S/C11H14N4O2/c1-16-5-4-13-6-9-7-15-17-11(9)10-8-12-2-3-14-10/h2-3,7-8,13H,4-6H2,1H3. The van der Waals surface area contributed by atoms with E-state index in [9.17, 15) is 0 Å². The van der Waals surface area contributed by atoms with E-state index in [0.29, 0.717) is 24.6 Å². The Morgan fingerprint density at radius 2 is 2.29 bits per heavy atom. The first-order chi connectivity index (χ1) is 8.42. The van der Waals surface area contributed by atoms with Gasteiger partial charge in [0.15, 0.2) is 5.76 Å². The van der Waals surface area contributed by atoms with Crippen LogP contribution in [0.3, 0.4) is 0 Å². The van der Waals surface area contributed by atoms with E-state index in [-0.39, 0.29) is 0 Å². The van der Waals surface area contributed by atoms with Crippen molar-refractivity contribution >= 4 is 0 Å². The average molecular weight is 234 g/mol. The highest BCUT2D eigenvalue weighted by molar-refractivity contribution is 5.54. The van der Waals surface area contributed by atoms with Crippen LogP contribution in [0.1, 0.15) is 5.56 Å². The molecular weight excluding hydrogens is 220 g/mol. The molecular formula is C11H14N4O2. The first-order valence-corrected chi connectivity index (χ1v) is 5.31. The summed E-state index contributed by atoms with van der Waals surface area (Å²) in [7, 11) is 1.67. The molecule has 17 heavy (non-hydrogen) atoms. The molecule has 0 aliphatic heterocycles. The van der Waals surface area contributed by atoms with Gasteiger partial charge in [0.05, 0.1) is 19.0 Å². The molecule has 0 saturated carbocycles. The van der Waals surface area contributed by atoms with Crippen molar-refractivity contribution in [2.45, 2.75) is 6.54 Å². The SMILES string of the molecule is COCCNCc1cnoc1-c1cnccn1. The predicted molar refractivity (Wildman–Crippen MR) is 61.1 cm³/mol. The zero-order chi connectivity index (χ0) is 11.9. The van der Waals surface area contributed by atoms with E-state index in [2.05, 4.69) is 20.4 Å². The highest BCUT2D eigenvalue weighted by Crippen LogP contribution is 2.19. The smallest absolute Gasteiger partial charge is 0.191 e. The van der Waals surface area contributed by atoms with Crippen molar-refractivity contribution in [2.75, 3.05) is 20.3 Å². The van der Waals surface area contributed by atoms with Gasteiger partial charge in [-0.3, -0.25) is 4.98 Å². The maximum Gasteiger partial charge on any atom is 0.191 e. The van der Waals surface area contributed by atoms with Crippen molar-refractivity contribution in [3.8, 4) is 11.5 Å². The third kappa shape index (κ3) is 3.08. The summed E-state index contributed by atoms with van der Waals surface area (Å²) in [5.41, 5.74) is 1.65. The Bertz CT molecular complexity index is 444. The maximum atomic E-state index is 5.18. The van der Waals surface area contributed by atoms with Crippen molar-refractivity contribution in [1.82, 2.24) is 20.4 Å². The molecule has 0 aliphatic carbocycles. The fourth-order valence-electron chi connectivity index (χ4n) is 1.41. The average Bonchev–Trinajstić information content (AvgIpc) is 2.84. The van der Waals surface area contributed by atoms with Crippen LogP contribution in [-0.2, 0) is 11.3 Å². The van der Waals surface area contributed by atoms with Gasteiger partial charge in [-0.15, -0.1) is 0 Å². The fraction of sp³-hybridized carbons (Fsp3) is 0.364. The fourth-order valence-corrected chi connectivity index (χ4v) is 1.41. The van der Waals surface area contributed by atoms with Crippen LogP contribution in [0.25, 0.3) is 11.5 Å². The lowest BCUT2D eigenvalue weighted by molar-refractivity contribution is 0.199. The highest BCUT2D eigenvalue weighted by Gasteiger charge is 2.11. The summed E-state index contributed by atoms with van der Waals surface area (Å²) in [5.74, 6) is 0.656. The van der Waals surface area contributed by atoms with Crippen molar-refractivity contribution < 1.29 is 9.26 Å². The lowest BCUT2D eigenvalue weighted by Crippen LogP contribution is -2.18. The lowest BCUT2D eigenvalue weighted by Gasteiger charge is -2.02. The molecule has 1 N–H and O–H groups in total. The molecule has 0 atom stereocenters. The third-order valence-electron chi connectivity index (χ3n) is 2.24. The van der Waals surface area contributed by atoms with E-state index in [0.717, 1.165) is 12.1 Å². The van der Waals surface area contributed by atoms with E-state index in [1.807, 2.05) is 0 Å². The largest absolute Gasteiger partial charge is 0.383 e. The van der Waals surface area contributed by atoms with Crippen LogP contribution in [0.2, 0.25) is 0 Å². The molecule has 6 heteroatoms. The molecule has 2 heterocycles. The van der Waals surface area contributed by atoms with Gasteiger partial charge in [0.2, 0.25) is 0 Å². The minimum absolute atomic E-state index is 0.656. The van der Waals surface area contributed by atoms with Crippen LogP contribution in [-0.4, -0.2) is 35.4 Å². The van der Waals surface area contributed by atoms with Crippen molar-refractivity contribution in [3.63, 3.8) is 0 Å². The molecule has 0 radical (unpaired) electrons. The lowest BCUT2D eigenvalue weighted by atomic mass is 10.2. The summed E-state index contributed by atoms with van der Waals surface area (Å²) in [4.78, 5) is 8.18. The van der Waals surface area contributed by atoms with Crippen molar-refractivity contribution in [1.29, 1.82) is 0 Å². The van der Waals surface area contributed by atoms with Gasteiger partial charge in [0, 0.05) is 38.2 Å². The molecule has 0 unspecified atom stereocenters. The van der Waals surface area contributed by atoms with Crippen LogP contribution in [0.15, 0.2) is 29.3 Å². The molecule has 0 amide bonds. The monoisotopic (exact) mass is 234 g/mol. The van der Waals surface area contributed by atoms with Crippen molar-refractivity contribution in [2.24, 2.45) is 0 Å². The van der Waals surface area contributed by atoms with E-state index < -0.39 is 0 Å². The zero-order valence-electron chi connectivity index (χ0n) is 9.59.